The molecule has 0 bridgehead atoms. The Kier molecular flexibility index (Phi) is 3.64. The molecule has 0 aliphatic heterocycles. The highest BCUT2D eigenvalue weighted by atomic mass is 35.5. The van der Waals surface area contributed by atoms with Gasteiger partial charge in [-0.15, -0.1) is 11.3 Å². The fourth-order valence-electron chi connectivity index (χ4n) is 0.533. The summed E-state index contributed by atoms with van der Waals surface area (Å²) in [6.45, 7) is 0. The highest BCUT2D eigenvalue weighted by Gasteiger charge is 2.00. The van der Waals surface area contributed by atoms with Gasteiger partial charge in [-0.25, -0.2) is 4.98 Å². The number of nitrogens with two attached hydrogens (primary N) is 2. The molecule has 66 valence electrons. The van der Waals surface area contributed by atoms with Gasteiger partial charge in [0, 0.05) is 16.8 Å². The van der Waals surface area contributed by atoms with Crippen molar-refractivity contribution in [3.63, 3.8) is 0 Å². The van der Waals surface area contributed by atoms with Gasteiger partial charge in [-0.3, -0.25) is 0 Å². The number of amidine groups is 1. The van der Waals surface area contributed by atoms with Gasteiger partial charge in [0.25, 0.3) is 0 Å². The van der Waals surface area contributed by atoms with Gasteiger partial charge in [0.2, 0.25) is 0 Å². The lowest BCUT2D eigenvalue weighted by atomic mass is 10.6. The Labute approximate surface area is 83.0 Å². The smallest absolute Gasteiger partial charge is 0.183 e. The quantitative estimate of drug-likeness (QED) is 0.341. The molecule has 0 saturated heterocycles. The van der Waals surface area contributed by atoms with Crippen molar-refractivity contribution in [2.45, 2.75) is 5.75 Å². The highest BCUT2D eigenvalue weighted by molar-refractivity contribution is 8.13. The van der Waals surface area contributed by atoms with Crippen molar-refractivity contribution in [1.29, 1.82) is 0 Å². The monoisotopic (exact) mass is 222 g/mol. The SMILES string of the molecule is NN=C(N)SCc1cnc(Cl)s1. The maximum absolute atomic E-state index is 5.62. The first-order valence-corrected chi connectivity index (χ1v) is 5.16. The second-order valence-electron chi connectivity index (χ2n) is 1.84. The van der Waals surface area contributed by atoms with Crippen molar-refractivity contribution < 1.29 is 0 Å². The Morgan fingerprint density at radius 1 is 1.83 bits per heavy atom. The van der Waals surface area contributed by atoms with Crippen LogP contribution in [0, 0.1) is 0 Å². The largest absolute Gasteiger partial charge is 0.377 e. The zero-order valence-corrected chi connectivity index (χ0v) is 8.42. The van der Waals surface area contributed by atoms with Crippen molar-refractivity contribution in [3.8, 4) is 0 Å². The number of nitrogens with zero attached hydrogens (tertiary/aromatic N) is 2. The number of rotatable bonds is 2. The zero-order chi connectivity index (χ0) is 8.97. The Morgan fingerprint density at radius 2 is 2.58 bits per heavy atom. The number of hydrazone groups is 1. The molecular formula is C5H7ClN4S2. The molecule has 1 rings (SSSR count). The van der Waals surface area contributed by atoms with Crippen LogP contribution in [0.2, 0.25) is 4.47 Å². The van der Waals surface area contributed by atoms with E-state index in [0.717, 1.165) is 4.88 Å². The molecule has 0 atom stereocenters. The van der Waals surface area contributed by atoms with E-state index >= 15 is 0 Å². The molecule has 0 amide bonds. The van der Waals surface area contributed by atoms with E-state index < -0.39 is 0 Å². The molecule has 12 heavy (non-hydrogen) atoms. The van der Waals surface area contributed by atoms with Gasteiger partial charge in [-0.05, 0) is 0 Å². The van der Waals surface area contributed by atoms with E-state index in [1.54, 1.807) is 6.20 Å². The van der Waals surface area contributed by atoms with Gasteiger partial charge in [0.15, 0.2) is 9.63 Å². The van der Waals surface area contributed by atoms with Crippen molar-refractivity contribution in [2.24, 2.45) is 16.7 Å². The van der Waals surface area contributed by atoms with Gasteiger partial charge < -0.3 is 11.6 Å². The van der Waals surface area contributed by atoms with Crippen LogP contribution < -0.4 is 11.6 Å². The van der Waals surface area contributed by atoms with Gasteiger partial charge in [0.05, 0.1) is 0 Å². The minimum Gasteiger partial charge on any atom is -0.377 e. The summed E-state index contributed by atoms with van der Waals surface area (Å²) >= 11 is 8.40. The zero-order valence-electron chi connectivity index (χ0n) is 6.03. The summed E-state index contributed by atoms with van der Waals surface area (Å²) in [6, 6.07) is 0. The molecule has 7 heteroatoms. The predicted molar refractivity (Wildman–Crippen MR) is 54.2 cm³/mol. The molecule has 0 aliphatic carbocycles. The Balaban J connectivity index is 2.43. The first-order valence-electron chi connectivity index (χ1n) is 2.98. The lowest BCUT2D eigenvalue weighted by Gasteiger charge is -1.94. The van der Waals surface area contributed by atoms with E-state index in [4.69, 9.17) is 23.2 Å². The number of hydrogen-bond donors (Lipinski definition) is 2. The molecule has 0 unspecified atom stereocenters. The van der Waals surface area contributed by atoms with Gasteiger partial charge in [-0.2, -0.15) is 5.10 Å². The summed E-state index contributed by atoms with van der Waals surface area (Å²) in [4.78, 5) is 4.93. The third-order valence-electron chi connectivity index (χ3n) is 1.01. The first kappa shape index (κ1) is 9.63. The Hall–Kier alpha value is -0.460. The van der Waals surface area contributed by atoms with Crippen molar-refractivity contribution in [3.05, 3.63) is 15.5 Å². The lowest BCUT2D eigenvalue weighted by molar-refractivity contribution is 1.25. The van der Waals surface area contributed by atoms with E-state index in [0.29, 0.717) is 15.4 Å². The van der Waals surface area contributed by atoms with Crippen LogP contribution in [0.15, 0.2) is 11.3 Å². The van der Waals surface area contributed by atoms with Gasteiger partial charge >= 0.3 is 0 Å². The van der Waals surface area contributed by atoms with Gasteiger partial charge in [0.1, 0.15) is 0 Å². The number of aromatic nitrogens is 1. The predicted octanol–water partition coefficient (Wildman–Crippen LogP) is 1.22. The standard InChI is InChI=1S/C5H7ClN4S2/c6-4-9-1-3(12-4)2-11-5(7)10-8/h1H,2,8H2,(H2,7,10). The van der Waals surface area contributed by atoms with Crippen molar-refractivity contribution in [2.75, 3.05) is 0 Å². The van der Waals surface area contributed by atoms with E-state index in [1.807, 2.05) is 0 Å². The summed E-state index contributed by atoms with van der Waals surface area (Å²) in [5.41, 5.74) is 5.37. The molecule has 0 fully saturated rings. The minimum absolute atomic E-state index is 0.361. The normalized spacial score (nSPS) is 11.9. The second-order valence-corrected chi connectivity index (χ2v) is 4.53. The summed E-state index contributed by atoms with van der Waals surface area (Å²) in [6.07, 6.45) is 1.71. The van der Waals surface area contributed by atoms with Crippen LogP contribution in [-0.4, -0.2) is 10.2 Å². The molecule has 1 aromatic heterocycles. The number of thioether (sulfide) groups is 1. The van der Waals surface area contributed by atoms with E-state index in [1.165, 1.54) is 23.1 Å². The molecule has 1 heterocycles. The fraction of sp³-hybridized carbons (Fsp3) is 0.200. The second kappa shape index (κ2) is 4.54. The van der Waals surface area contributed by atoms with Crippen molar-refractivity contribution >= 4 is 39.9 Å². The first-order chi connectivity index (χ1) is 5.72. The van der Waals surface area contributed by atoms with Crippen LogP contribution >= 0.6 is 34.7 Å². The lowest BCUT2D eigenvalue weighted by Crippen LogP contribution is -2.08. The molecular weight excluding hydrogens is 216 g/mol. The van der Waals surface area contributed by atoms with Crippen LogP contribution in [0.5, 0.6) is 0 Å². The van der Waals surface area contributed by atoms with Crippen LogP contribution in [0.4, 0.5) is 0 Å². The number of halogens is 1. The maximum atomic E-state index is 5.62. The van der Waals surface area contributed by atoms with Crippen LogP contribution in [0.25, 0.3) is 0 Å². The van der Waals surface area contributed by atoms with Crippen LogP contribution in [-0.2, 0) is 5.75 Å². The number of hydrogen-bond acceptors (Lipinski definition) is 5. The van der Waals surface area contributed by atoms with E-state index in [-0.39, 0.29) is 0 Å². The Bertz CT molecular complexity index is 285. The highest BCUT2D eigenvalue weighted by Crippen LogP contribution is 2.21. The molecule has 0 spiro atoms. The fourth-order valence-corrected chi connectivity index (χ4v) is 2.16. The summed E-state index contributed by atoms with van der Waals surface area (Å²) in [5.74, 6) is 5.65. The number of thiazole rings is 1. The molecule has 0 saturated carbocycles. The molecule has 0 radical (unpaired) electrons. The van der Waals surface area contributed by atoms with Crippen LogP contribution in [0.3, 0.4) is 0 Å². The van der Waals surface area contributed by atoms with Gasteiger partial charge in [-0.1, -0.05) is 23.4 Å². The molecule has 0 aromatic carbocycles. The maximum Gasteiger partial charge on any atom is 0.183 e. The molecule has 1 aromatic rings. The molecule has 4 N–H and O–H groups in total. The molecule has 4 nitrogen and oxygen atoms in total. The average Bonchev–Trinajstić information content (AvgIpc) is 2.47. The summed E-state index contributed by atoms with van der Waals surface area (Å²) in [5, 5.41) is 3.68. The summed E-state index contributed by atoms with van der Waals surface area (Å²) < 4.78 is 0.536. The molecule has 0 aliphatic rings. The van der Waals surface area contributed by atoms with E-state index in [9.17, 15) is 0 Å². The third kappa shape index (κ3) is 2.88. The van der Waals surface area contributed by atoms with Crippen molar-refractivity contribution in [1.82, 2.24) is 4.98 Å². The topological polar surface area (TPSA) is 77.3 Å². The van der Waals surface area contributed by atoms with E-state index in [2.05, 4.69) is 10.1 Å². The Morgan fingerprint density at radius 3 is 3.08 bits per heavy atom. The van der Waals surface area contributed by atoms with Crippen LogP contribution in [0.1, 0.15) is 4.88 Å². The third-order valence-corrected chi connectivity index (χ3v) is 3.17. The summed E-state index contributed by atoms with van der Waals surface area (Å²) in [7, 11) is 0. The average molecular weight is 223 g/mol. The minimum atomic E-state index is 0.361.